The maximum absolute atomic E-state index is 14.8. The number of phenols is 1. The summed E-state index contributed by atoms with van der Waals surface area (Å²) in [6.45, 7) is 1.70. The van der Waals surface area contributed by atoms with Gasteiger partial charge in [-0.25, -0.2) is 19.4 Å². The Labute approximate surface area is 176 Å². The molecule has 0 spiro atoms. The smallest absolute Gasteiger partial charge is 0.414 e. The zero-order valence-electron chi connectivity index (χ0n) is 16.5. The summed E-state index contributed by atoms with van der Waals surface area (Å²) in [7, 11) is 0. The number of anilines is 1. The Morgan fingerprint density at radius 1 is 1.35 bits per heavy atom. The molecule has 0 aromatic heterocycles. The molecule has 0 bridgehead atoms. The predicted molar refractivity (Wildman–Crippen MR) is 110 cm³/mol. The van der Waals surface area contributed by atoms with Gasteiger partial charge in [0.15, 0.2) is 0 Å². The van der Waals surface area contributed by atoms with Crippen LogP contribution in [0.15, 0.2) is 41.5 Å². The standard InChI is InChI=1S/C20H20FN5O5/c1-11(27)23-9-15-10-26(20(30)31-15)14-4-5-16(17(21)7-14)12-2-3-13(18(28)6-12)8-24-25-19(22)29/h2-8,15,28H,9-10H2,1H3,(H,23,27)(H3,22,25,29). The largest absolute Gasteiger partial charge is 0.507 e. The van der Waals surface area contributed by atoms with Crippen LogP contribution in [-0.4, -0.2) is 48.5 Å². The average Bonchev–Trinajstić information content (AvgIpc) is 3.08. The van der Waals surface area contributed by atoms with Gasteiger partial charge in [0.25, 0.3) is 0 Å². The summed E-state index contributed by atoms with van der Waals surface area (Å²) < 4.78 is 20.0. The number of nitrogens with one attached hydrogen (secondary N) is 2. The lowest BCUT2D eigenvalue weighted by Crippen LogP contribution is -2.33. The van der Waals surface area contributed by atoms with E-state index in [2.05, 4.69) is 10.4 Å². The van der Waals surface area contributed by atoms with E-state index in [0.717, 1.165) is 0 Å². The number of nitrogens with zero attached hydrogens (tertiary/aromatic N) is 2. The molecule has 11 heteroatoms. The summed E-state index contributed by atoms with van der Waals surface area (Å²) in [6.07, 6.45) is 0.0300. The van der Waals surface area contributed by atoms with Crippen LogP contribution in [0.4, 0.5) is 19.7 Å². The molecule has 1 fully saturated rings. The molecule has 0 radical (unpaired) electrons. The molecular formula is C20H20FN5O5. The van der Waals surface area contributed by atoms with Crippen molar-refractivity contribution in [2.24, 2.45) is 10.8 Å². The topological polar surface area (TPSA) is 146 Å². The summed E-state index contributed by atoms with van der Waals surface area (Å²) in [5.41, 5.74) is 8.10. The number of primary amides is 1. The minimum absolute atomic E-state index is 0.169. The van der Waals surface area contributed by atoms with Crippen LogP contribution in [0.3, 0.4) is 0 Å². The fourth-order valence-electron chi connectivity index (χ4n) is 2.99. The van der Waals surface area contributed by atoms with Gasteiger partial charge in [-0.2, -0.15) is 5.10 Å². The molecule has 1 saturated heterocycles. The lowest BCUT2D eigenvalue weighted by atomic mass is 10.0. The number of hydrazone groups is 1. The highest BCUT2D eigenvalue weighted by atomic mass is 19.1. The molecule has 1 unspecified atom stereocenters. The van der Waals surface area contributed by atoms with Gasteiger partial charge < -0.3 is 20.9 Å². The molecule has 5 N–H and O–H groups in total. The van der Waals surface area contributed by atoms with E-state index in [9.17, 15) is 23.9 Å². The normalized spacial score (nSPS) is 15.7. The van der Waals surface area contributed by atoms with Crippen LogP contribution in [0.1, 0.15) is 12.5 Å². The number of halogens is 1. The quantitative estimate of drug-likeness (QED) is 0.407. The molecule has 1 aliphatic rings. The molecule has 1 aliphatic heterocycles. The Morgan fingerprint density at radius 3 is 2.77 bits per heavy atom. The third-order valence-corrected chi connectivity index (χ3v) is 4.44. The van der Waals surface area contributed by atoms with Gasteiger partial charge in [0.05, 0.1) is 25.0 Å². The molecule has 31 heavy (non-hydrogen) atoms. The Balaban J connectivity index is 1.76. The molecule has 2 aromatic carbocycles. The van der Waals surface area contributed by atoms with Crippen LogP contribution in [-0.2, 0) is 9.53 Å². The van der Waals surface area contributed by atoms with E-state index in [1.54, 1.807) is 12.1 Å². The van der Waals surface area contributed by atoms with Gasteiger partial charge >= 0.3 is 12.1 Å². The van der Waals surface area contributed by atoms with Crippen LogP contribution < -0.4 is 21.4 Å². The van der Waals surface area contributed by atoms with E-state index < -0.39 is 24.0 Å². The number of amides is 4. The number of rotatable bonds is 6. The van der Waals surface area contributed by atoms with Crippen LogP contribution in [0.5, 0.6) is 5.75 Å². The van der Waals surface area contributed by atoms with E-state index >= 15 is 0 Å². The molecule has 2 aromatic rings. The van der Waals surface area contributed by atoms with Crippen LogP contribution >= 0.6 is 0 Å². The second-order valence-corrected chi connectivity index (χ2v) is 6.73. The van der Waals surface area contributed by atoms with Crippen LogP contribution in [0, 0.1) is 5.82 Å². The zero-order valence-corrected chi connectivity index (χ0v) is 16.5. The SMILES string of the molecule is CC(=O)NCC1CN(c2ccc(-c3ccc(C=NNC(N)=O)c(O)c3)c(F)c2)C(=O)O1. The van der Waals surface area contributed by atoms with Crippen molar-refractivity contribution in [3.05, 3.63) is 47.8 Å². The van der Waals surface area contributed by atoms with Crippen molar-refractivity contribution in [2.45, 2.75) is 13.0 Å². The van der Waals surface area contributed by atoms with Gasteiger partial charge in [0.1, 0.15) is 17.7 Å². The van der Waals surface area contributed by atoms with E-state index in [1.165, 1.54) is 42.3 Å². The van der Waals surface area contributed by atoms with Crippen molar-refractivity contribution < 1.29 is 28.6 Å². The van der Waals surface area contributed by atoms with Gasteiger partial charge in [-0.05, 0) is 35.9 Å². The third kappa shape index (κ3) is 5.26. The van der Waals surface area contributed by atoms with Gasteiger partial charge in [0, 0.05) is 18.1 Å². The maximum atomic E-state index is 14.8. The first kappa shape index (κ1) is 21.6. The lowest BCUT2D eigenvalue weighted by Gasteiger charge is -2.15. The number of aromatic hydroxyl groups is 1. The summed E-state index contributed by atoms with van der Waals surface area (Å²) >= 11 is 0. The molecule has 0 aliphatic carbocycles. The molecule has 4 amide bonds. The maximum Gasteiger partial charge on any atom is 0.414 e. The fourth-order valence-corrected chi connectivity index (χ4v) is 2.99. The Morgan fingerprint density at radius 2 is 2.13 bits per heavy atom. The Bertz CT molecular complexity index is 1060. The Kier molecular flexibility index (Phi) is 6.34. The molecule has 162 valence electrons. The number of cyclic esters (lactones) is 1. The molecule has 3 rings (SSSR count). The van der Waals surface area contributed by atoms with Crippen molar-refractivity contribution >= 4 is 29.9 Å². The second-order valence-electron chi connectivity index (χ2n) is 6.73. The second kappa shape index (κ2) is 9.11. The number of ether oxygens (including phenoxy) is 1. The number of phenolic OH excluding ortho intramolecular Hbond substituents is 1. The van der Waals surface area contributed by atoms with E-state index in [4.69, 9.17) is 10.5 Å². The minimum Gasteiger partial charge on any atom is -0.507 e. The highest BCUT2D eigenvalue weighted by molar-refractivity contribution is 5.90. The minimum atomic E-state index is -0.849. The van der Waals surface area contributed by atoms with Crippen molar-refractivity contribution in [3.8, 4) is 16.9 Å². The lowest BCUT2D eigenvalue weighted by molar-refractivity contribution is -0.119. The first-order valence-corrected chi connectivity index (χ1v) is 9.18. The first-order valence-electron chi connectivity index (χ1n) is 9.18. The molecule has 10 nitrogen and oxygen atoms in total. The molecule has 1 heterocycles. The summed E-state index contributed by atoms with van der Waals surface area (Å²) in [6, 6.07) is 7.79. The summed E-state index contributed by atoms with van der Waals surface area (Å²) in [5, 5.41) is 16.3. The number of carbonyl (C=O) groups is 3. The van der Waals surface area contributed by atoms with Gasteiger partial charge in [-0.1, -0.05) is 6.07 Å². The summed E-state index contributed by atoms with van der Waals surface area (Å²) in [4.78, 5) is 35.0. The first-order chi connectivity index (χ1) is 14.7. The van der Waals surface area contributed by atoms with Gasteiger partial charge in [0.2, 0.25) is 5.91 Å². The van der Waals surface area contributed by atoms with Crippen LogP contribution in [0.2, 0.25) is 0 Å². The van der Waals surface area contributed by atoms with Crippen molar-refractivity contribution in [1.29, 1.82) is 0 Å². The predicted octanol–water partition coefficient (Wildman–Crippen LogP) is 1.66. The van der Waals surface area contributed by atoms with Crippen molar-refractivity contribution in [2.75, 3.05) is 18.0 Å². The monoisotopic (exact) mass is 429 g/mol. The fraction of sp³-hybridized carbons (Fsp3) is 0.200. The number of carbonyl (C=O) groups excluding carboxylic acids is 3. The summed E-state index contributed by atoms with van der Waals surface area (Å²) in [5.74, 6) is -1.03. The van der Waals surface area contributed by atoms with Crippen molar-refractivity contribution in [1.82, 2.24) is 10.7 Å². The van der Waals surface area contributed by atoms with Crippen molar-refractivity contribution in [3.63, 3.8) is 0 Å². The van der Waals surface area contributed by atoms with E-state index in [-0.39, 0.29) is 30.3 Å². The number of nitrogens with two attached hydrogens (primary N) is 1. The molecule has 1 atom stereocenters. The Hall–Kier alpha value is -4.15. The highest BCUT2D eigenvalue weighted by Gasteiger charge is 2.32. The van der Waals surface area contributed by atoms with E-state index in [1.807, 2.05) is 5.43 Å². The molecular weight excluding hydrogens is 409 g/mol. The van der Waals surface area contributed by atoms with Gasteiger partial charge in [-0.15, -0.1) is 0 Å². The molecule has 0 saturated carbocycles. The zero-order chi connectivity index (χ0) is 22.5. The number of hydrogen-bond donors (Lipinski definition) is 4. The van der Waals surface area contributed by atoms with E-state index in [0.29, 0.717) is 16.8 Å². The van der Waals surface area contributed by atoms with Crippen LogP contribution in [0.25, 0.3) is 11.1 Å². The number of hydrogen-bond acceptors (Lipinski definition) is 6. The third-order valence-electron chi connectivity index (χ3n) is 4.44. The van der Waals surface area contributed by atoms with Gasteiger partial charge in [-0.3, -0.25) is 9.69 Å². The average molecular weight is 429 g/mol. The number of benzene rings is 2. The highest BCUT2D eigenvalue weighted by Crippen LogP contribution is 2.31. The number of urea groups is 1.